The molecule has 1 rings (SSSR count). The highest BCUT2D eigenvalue weighted by molar-refractivity contribution is 7.97. The minimum atomic E-state index is -0.686. The standard InChI is InChI=1S/C13H19FN2O2S/c1-18-7-12(15)13(17)16-6-9-3-4-11(14)5-10(9)8-19-2/h3-5,12H,6-8,15H2,1-2H3,(H,16,17). The van der Waals surface area contributed by atoms with Crippen molar-refractivity contribution in [3.05, 3.63) is 35.1 Å². The molecule has 1 amide bonds. The number of halogens is 1. The van der Waals surface area contributed by atoms with Gasteiger partial charge >= 0.3 is 0 Å². The maximum absolute atomic E-state index is 13.2. The van der Waals surface area contributed by atoms with Gasteiger partial charge in [0.05, 0.1) is 6.61 Å². The first-order valence-electron chi connectivity index (χ1n) is 5.87. The minimum absolute atomic E-state index is 0.174. The van der Waals surface area contributed by atoms with Crippen molar-refractivity contribution in [2.75, 3.05) is 20.0 Å². The van der Waals surface area contributed by atoms with Gasteiger partial charge in [0.25, 0.3) is 0 Å². The van der Waals surface area contributed by atoms with E-state index in [1.165, 1.54) is 19.2 Å². The largest absolute Gasteiger partial charge is 0.383 e. The van der Waals surface area contributed by atoms with E-state index in [0.717, 1.165) is 11.1 Å². The molecule has 0 aromatic heterocycles. The fraction of sp³-hybridized carbons (Fsp3) is 0.462. The molecule has 0 radical (unpaired) electrons. The van der Waals surface area contributed by atoms with Crippen molar-refractivity contribution in [3.63, 3.8) is 0 Å². The Morgan fingerprint density at radius 2 is 2.26 bits per heavy atom. The van der Waals surface area contributed by atoms with Gasteiger partial charge < -0.3 is 15.8 Å². The van der Waals surface area contributed by atoms with Gasteiger partial charge in [-0.05, 0) is 29.5 Å². The minimum Gasteiger partial charge on any atom is -0.383 e. The summed E-state index contributed by atoms with van der Waals surface area (Å²) in [5, 5.41) is 2.73. The van der Waals surface area contributed by atoms with Crippen LogP contribution in [-0.2, 0) is 21.8 Å². The third-order valence-corrected chi connectivity index (χ3v) is 3.20. The van der Waals surface area contributed by atoms with Gasteiger partial charge in [0.1, 0.15) is 11.9 Å². The molecule has 106 valence electrons. The Morgan fingerprint density at radius 1 is 1.53 bits per heavy atom. The molecule has 6 heteroatoms. The van der Waals surface area contributed by atoms with Gasteiger partial charge in [-0.25, -0.2) is 4.39 Å². The zero-order valence-electron chi connectivity index (χ0n) is 11.1. The molecule has 0 saturated heterocycles. The first-order valence-corrected chi connectivity index (χ1v) is 7.26. The first-order chi connectivity index (χ1) is 9.08. The predicted molar refractivity (Wildman–Crippen MR) is 75.3 cm³/mol. The van der Waals surface area contributed by atoms with Crippen LogP contribution in [0, 0.1) is 5.82 Å². The molecule has 4 nitrogen and oxygen atoms in total. The van der Waals surface area contributed by atoms with Crippen LogP contribution in [0.25, 0.3) is 0 Å². The number of benzene rings is 1. The Morgan fingerprint density at radius 3 is 2.89 bits per heavy atom. The van der Waals surface area contributed by atoms with Crippen molar-refractivity contribution in [2.45, 2.75) is 18.3 Å². The van der Waals surface area contributed by atoms with Gasteiger partial charge in [0, 0.05) is 19.4 Å². The van der Waals surface area contributed by atoms with Crippen LogP contribution in [0.5, 0.6) is 0 Å². The first kappa shape index (κ1) is 15.9. The Balaban J connectivity index is 2.64. The van der Waals surface area contributed by atoms with Crippen LogP contribution in [0.3, 0.4) is 0 Å². The van der Waals surface area contributed by atoms with Gasteiger partial charge in [-0.1, -0.05) is 6.07 Å². The number of thioether (sulfide) groups is 1. The number of amides is 1. The van der Waals surface area contributed by atoms with E-state index in [2.05, 4.69) is 5.32 Å². The molecule has 1 aromatic carbocycles. The summed E-state index contributed by atoms with van der Waals surface area (Å²) in [6, 6.07) is 3.88. The second-order valence-electron chi connectivity index (χ2n) is 4.13. The Labute approximate surface area is 116 Å². The second kappa shape index (κ2) is 8.14. The van der Waals surface area contributed by atoms with Crippen molar-refractivity contribution in [1.82, 2.24) is 5.32 Å². The smallest absolute Gasteiger partial charge is 0.239 e. The van der Waals surface area contributed by atoms with Crippen LogP contribution in [0.1, 0.15) is 11.1 Å². The molecule has 3 N–H and O–H groups in total. The third-order valence-electron chi connectivity index (χ3n) is 2.60. The molecule has 0 spiro atoms. The normalized spacial score (nSPS) is 12.2. The van der Waals surface area contributed by atoms with E-state index in [1.54, 1.807) is 17.8 Å². The monoisotopic (exact) mass is 286 g/mol. The molecule has 1 atom stereocenters. The summed E-state index contributed by atoms with van der Waals surface area (Å²) >= 11 is 1.60. The molecular weight excluding hydrogens is 267 g/mol. The number of hydrogen-bond donors (Lipinski definition) is 2. The van der Waals surface area contributed by atoms with Gasteiger partial charge in [0.15, 0.2) is 0 Å². The summed E-state index contributed by atoms with van der Waals surface area (Å²) in [5.74, 6) is 0.157. The van der Waals surface area contributed by atoms with Crippen LogP contribution in [0.2, 0.25) is 0 Å². The topological polar surface area (TPSA) is 64.3 Å². The highest BCUT2D eigenvalue weighted by Gasteiger charge is 2.13. The highest BCUT2D eigenvalue weighted by atomic mass is 32.2. The van der Waals surface area contributed by atoms with Crippen molar-refractivity contribution in [3.8, 4) is 0 Å². The molecule has 0 aliphatic carbocycles. The van der Waals surface area contributed by atoms with E-state index in [9.17, 15) is 9.18 Å². The summed E-state index contributed by atoms with van der Waals surface area (Å²) in [7, 11) is 1.49. The van der Waals surface area contributed by atoms with Crippen molar-refractivity contribution in [1.29, 1.82) is 0 Å². The average Bonchev–Trinajstić information content (AvgIpc) is 2.38. The molecule has 1 unspecified atom stereocenters. The summed E-state index contributed by atoms with van der Waals surface area (Å²) < 4.78 is 18.0. The van der Waals surface area contributed by atoms with E-state index in [0.29, 0.717) is 12.3 Å². The lowest BCUT2D eigenvalue weighted by Crippen LogP contribution is -2.43. The van der Waals surface area contributed by atoms with Gasteiger partial charge in [-0.15, -0.1) is 0 Å². The van der Waals surface area contributed by atoms with E-state index < -0.39 is 6.04 Å². The van der Waals surface area contributed by atoms with Crippen LogP contribution in [0.4, 0.5) is 4.39 Å². The van der Waals surface area contributed by atoms with Crippen molar-refractivity contribution in [2.24, 2.45) is 5.73 Å². The number of hydrogen-bond acceptors (Lipinski definition) is 4. The molecule has 1 aromatic rings. The lowest BCUT2D eigenvalue weighted by molar-refractivity contribution is -0.123. The summed E-state index contributed by atoms with van der Waals surface area (Å²) in [5.41, 5.74) is 7.39. The summed E-state index contributed by atoms with van der Waals surface area (Å²) in [6.45, 7) is 0.513. The van der Waals surface area contributed by atoms with Crippen LogP contribution < -0.4 is 11.1 Å². The van der Waals surface area contributed by atoms with Crippen molar-refractivity contribution < 1.29 is 13.9 Å². The molecule has 0 heterocycles. The lowest BCUT2D eigenvalue weighted by atomic mass is 10.1. The fourth-order valence-corrected chi connectivity index (χ4v) is 2.21. The fourth-order valence-electron chi connectivity index (χ4n) is 1.63. The maximum atomic E-state index is 13.2. The number of ether oxygens (including phenoxy) is 1. The molecule has 19 heavy (non-hydrogen) atoms. The number of rotatable bonds is 7. The summed E-state index contributed by atoms with van der Waals surface area (Å²) in [6.07, 6.45) is 1.95. The predicted octanol–water partition coefficient (Wildman–Crippen LogP) is 1.28. The van der Waals surface area contributed by atoms with Gasteiger partial charge in [0.2, 0.25) is 5.91 Å². The number of nitrogens with one attached hydrogen (secondary N) is 1. The quantitative estimate of drug-likeness (QED) is 0.792. The number of methoxy groups -OCH3 is 1. The van der Waals surface area contributed by atoms with Gasteiger partial charge in [-0.2, -0.15) is 11.8 Å². The number of carbonyl (C=O) groups is 1. The number of carbonyl (C=O) groups excluding carboxylic acids is 1. The zero-order chi connectivity index (χ0) is 14.3. The molecule has 0 bridgehead atoms. The zero-order valence-corrected chi connectivity index (χ0v) is 11.9. The average molecular weight is 286 g/mol. The third kappa shape index (κ3) is 5.18. The summed E-state index contributed by atoms with van der Waals surface area (Å²) in [4.78, 5) is 11.6. The van der Waals surface area contributed by atoms with E-state index in [4.69, 9.17) is 10.5 Å². The molecule has 0 aliphatic heterocycles. The molecule has 0 fully saturated rings. The van der Waals surface area contributed by atoms with Gasteiger partial charge in [-0.3, -0.25) is 4.79 Å². The SMILES string of the molecule is COCC(N)C(=O)NCc1ccc(F)cc1CSC. The molecule has 0 aliphatic rings. The molecule has 0 saturated carbocycles. The number of nitrogens with two attached hydrogens (primary N) is 1. The van der Waals surface area contributed by atoms with E-state index >= 15 is 0 Å². The molecular formula is C13H19FN2O2S. The highest BCUT2D eigenvalue weighted by Crippen LogP contribution is 2.16. The van der Waals surface area contributed by atoms with Crippen LogP contribution in [0.15, 0.2) is 18.2 Å². The maximum Gasteiger partial charge on any atom is 0.239 e. The Kier molecular flexibility index (Phi) is 6.83. The van der Waals surface area contributed by atoms with Crippen molar-refractivity contribution >= 4 is 17.7 Å². The van der Waals surface area contributed by atoms with E-state index in [1.807, 2.05) is 6.26 Å². The second-order valence-corrected chi connectivity index (χ2v) is 4.99. The van der Waals surface area contributed by atoms with E-state index in [-0.39, 0.29) is 18.3 Å². The Bertz CT molecular complexity index is 429. The Hall–Kier alpha value is -1.11. The van der Waals surface area contributed by atoms with Crippen LogP contribution >= 0.6 is 11.8 Å². The van der Waals surface area contributed by atoms with Crippen LogP contribution in [-0.4, -0.2) is 31.9 Å². The lowest BCUT2D eigenvalue weighted by Gasteiger charge is -2.13.